The van der Waals surface area contributed by atoms with Gasteiger partial charge in [0.2, 0.25) is 5.91 Å². The topological polar surface area (TPSA) is 66.4 Å². The molecule has 4 aliphatic carbocycles. The lowest BCUT2D eigenvalue weighted by atomic mass is 9.49. The molecule has 4 saturated carbocycles. The van der Waals surface area contributed by atoms with E-state index in [0.717, 1.165) is 24.8 Å². The van der Waals surface area contributed by atoms with E-state index in [1.165, 1.54) is 19.3 Å². The summed E-state index contributed by atoms with van der Waals surface area (Å²) >= 11 is 0. The van der Waals surface area contributed by atoms with Crippen molar-refractivity contribution in [1.82, 2.24) is 5.32 Å². The fourth-order valence-corrected chi connectivity index (χ4v) is 5.28. The molecule has 4 nitrogen and oxygen atoms in total. The monoisotopic (exact) mass is 305 g/mol. The Kier molecular flexibility index (Phi) is 4.04. The molecule has 4 rings (SSSR count). The molecule has 22 heavy (non-hydrogen) atoms. The predicted octanol–water partition coefficient (Wildman–Crippen LogP) is 3.13. The fraction of sp³-hybridized carbons (Fsp3) is 0.778. The Morgan fingerprint density at radius 3 is 2.05 bits per heavy atom. The molecule has 122 valence electrons. The molecular formula is C18H27NO3. The summed E-state index contributed by atoms with van der Waals surface area (Å²) in [6.45, 7) is 3.89. The SMILES string of the molecule is CC(C)=CC[C@@H](NC(=O)C12CC3CC(CC(C3)C1)C2)C(=O)O. The maximum atomic E-state index is 12.9. The van der Waals surface area contributed by atoms with Crippen LogP contribution < -0.4 is 5.32 Å². The number of nitrogens with one attached hydrogen (secondary N) is 1. The zero-order valence-corrected chi connectivity index (χ0v) is 13.6. The summed E-state index contributed by atoms with van der Waals surface area (Å²) in [6, 6.07) is -0.796. The lowest BCUT2D eigenvalue weighted by Crippen LogP contribution is -2.56. The summed E-state index contributed by atoms with van der Waals surface area (Å²) in [6.07, 6.45) is 9.03. The second-order valence-corrected chi connectivity index (χ2v) is 8.08. The Hall–Kier alpha value is -1.32. The zero-order chi connectivity index (χ0) is 15.9. The van der Waals surface area contributed by atoms with Crippen molar-refractivity contribution >= 4 is 11.9 Å². The molecule has 0 aliphatic heterocycles. The highest BCUT2D eigenvalue weighted by Gasteiger charge is 2.54. The molecule has 2 N–H and O–H groups in total. The van der Waals surface area contributed by atoms with Crippen molar-refractivity contribution in [2.24, 2.45) is 23.2 Å². The minimum absolute atomic E-state index is 0.00107. The average molecular weight is 305 g/mol. The first kappa shape index (κ1) is 15.6. The van der Waals surface area contributed by atoms with Gasteiger partial charge in [-0.3, -0.25) is 4.79 Å². The number of carboxylic acid groups (broad SMARTS) is 1. The number of carbonyl (C=O) groups excluding carboxylic acids is 1. The number of hydrogen-bond donors (Lipinski definition) is 2. The number of hydrogen-bond acceptors (Lipinski definition) is 2. The number of rotatable bonds is 5. The van der Waals surface area contributed by atoms with Gasteiger partial charge >= 0.3 is 5.97 Å². The third kappa shape index (κ3) is 2.92. The Labute approximate surface area is 132 Å². The van der Waals surface area contributed by atoms with Crippen molar-refractivity contribution in [2.75, 3.05) is 0 Å². The van der Waals surface area contributed by atoms with Gasteiger partial charge in [-0.25, -0.2) is 4.79 Å². The van der Waals surface area contributed by atoms with Gasteiger partial charge in [0.15, 0.2) is 0 Å². The Morgan fingerprint density at radius 1 is 1.14 bits per heavy atom. The summed E-state index contributed by atoms with van der Waals surface area (Å²) in [7, 11) is 0. The number of carboxylic acids is 1. The second-order valence-electron chi connectivity index (χ2n) is 8.08. The van der Waals surface area contributed by atoms with Crippen molar-refractivity contribution in [3.05, 3.63) is 11.6 Å². The van der Waals surface area contributed by atoms with Gasteiger partial charge in [-0.1, -0.05) is 11.6 Å². The molecule has 0 aromatic rings. The van der Waals surface area contributed by atoms with Crippen LogP contribution in [0, 0.1) is 23.2 Å². The predicted molar refractivity (Wildman–Crippen MR) is 84.2 cm³/mol. The van der Waals surface area contributed by atoms with E-state index < -0.39 is 12.0 Å². The van der Waals surface area contributed by atoms with E-state index in [1.807, 2.05) is 19.9 Å². The first-order chi connectivity index (χ1) is 10.4. The molecule has 0 radical (unpaired) electrons. The number of allylic oxidation sites excluding steroid dienone is 1. The quantitative estimate of drug-likeness (QED) is 0.767. The van der Waals surface area contributed by atoms with Crippen LogP contribution in [0.15, 0.2) is 11.6 Å². The van der Waals surface area contributed by atoms with E-state index >= 15 is 0 Å². The minimum atomic E-state index is -0.935. The molecule has 4 bridgehead atoms. The Bertz CT molecular complexity index is 469. The van der Waals surface area contributed by atoms with Crippen molar-refractivity contribution in [1.29, 1.82) is 0 Å². The van der Waals surface area contributed by atoms with Crippen LogP contribution in [-0.2, 0) is 9.59 Å². The Balaban J connectivity index is 1.70. The third-order valence-corrected chi connectivity index (χ3v) is 5.89. The van der Waals surface area contributed by atoms with Gasteiger partial charge in [-0.2, -0.15) is 0 Å². The largest absolute Gasteiger partial charge is 0.480 e. The van der Waals surface area contributed by atoms with Crippen molar-refractivity contribution in [2.45, 2.75) is 64.8 Å². The van der Waals surface area contributed by atoms with Gasteiger partial charge in [-0.15, -0.1) is 0 Å². The molecule has 0 heterocycles. The van der Waals surface area contributed by atoms with E-state index in [1.54, 1.807) is 0 Å². The summed E-state index contributed by atoms with van der Waals surface area (Å²) in [4.78, 5) is 24.3. The van der Waals surface area contributed by atoms with Gasteiger partial charge in [0.1, 0.15) is 6.04 Å². The maximum Gasteiger partial charge on any atom is 0.326 e. The number of carbonyl (C=O) groups is 2. The van der Waals surface area contributed by atoms with Crippen LogP contribution in [0.5, 0.6) is 0 Å². The summed E-state index contributed by atoms with van der Waals surface area (Å²) < 4.78 is 0. The molecule has 4 heteroatoms. The molecule has 4 fully saturated rings. The summed E-state index contributed by atoms with van der Waals surface area (Å²) in [5.41, 5.74) is 0.809. The van der Waals surface area contributed by atoms with Crippen LogP contribution >= 0.6 is 0 Å². The minimum Gasteiger partial charge on any atom is -0.480 e. The van der Waals surface area contributed by atoms with Crippen LogP contribution in [0.2, 0.25) is 0 Å². The van der Waals surface area contributed by atoms with Crippen molar-refractivity contribution < 1.29 is 14.7 Å². The third-order valence-electron chi connectivity index (χ3n) is 5.89. The van der Waals surface area contributed by atoms with Gasteiger partial charge in [0, 0.05) is 5.41 Å². The normalized spacial score (nSPS) is 36.7. The van der Waals surface area contributed by atoms with Crippen molar-refractivity contribution in [3.8, 4) is 0 Å². The van der Waals surface area contributed by atoms with Gasteiger partial charge in [0.05, 0.1) is 0 Å². The first-order valence-corrected chi connectivity index (χ1v) is 8.55. The number of amides is 1. The van der Waals surface area contributed by atoms with Crippen LogP contribution in [0.4, 0.5) is 0 Å². The maximum absolute atomic E-state index is 12.9. The highest BCUT2D eigenvalue weighted by atomic mass is 16.4. The fourth-order valence-electron chi connectivity index (χ4n) is 5.28. The number of aliphatic carboxylic acids is 1. The highest BCUT2D eigenvalue weighted by Crippen LogP contribution is 2.60. The second kappa shape index (κ2) is 5.71. The highest BCUT2D eigenvalue weighted by molar-refractivity contribution is 5.88. The molecule has 4 aliphatic rings. The van der Waals surface area contributed by atoms with E-state index in [4.69, 9.17) is 0 Å². The lowest BCUT2D eigenvalue weighted by Gasteiger charge is -2.55. The van der Waals surface area contributed by atoms with E-state index in [2.05, 4.69) is 5.32 Å². The van der Waals surface area contributed by atoms with Gasteiger partial charge in [-0.05, 0) is 76.5 Å². The molecule has 0 saturated heterocycles. The van der Waals surface area contributed by atoms with Crippen LogP contribution in [0.1, 0.15) is 58.8 Å². The molecule has 0 spiro atoms. The molecule has 0 unspecified atom stereocenters. The summed E-state index contributed by atoms with van der Waals surface area (Å²) in [5.74, 6) is 1.14. The first-order valence-electron chi connectivity index (χ1n) is 8.55. The van der Waals surface area contributed by atoms with E-state index in [9.17, 15) is 14.7 Å². The Morgan fingerprint density at radius 2 is 1.64 bits per heavy atom. The zero-order valence-electron chi connectivity index (χ0n) is 13.6. The molecule has 1 atom stereocenters. The molecule has 0 aromatic carbocycles. The average Bonchev–Trinajstić information content (AvgIpc) is 2.41. The van der Waals surface area contributed by atoms with E-state index in [0.29, 0.717) is 24.2 Å². The van der Waals surface area contributed by atoms with Crippen LogP contribution in [0.25, 0.3) is 0 Å². The molecule has 1 amide bonds. The molecular weight excluding hydrogens is 278 g/mol. The van der Waals surface area contributed by atoms with Gasteiger partial charge in [0.25, 0.3) is 0 Å². The van der Waals surface area contributed by atoms with Crippen molar-refractivity contribution in [3.63, 3.8) is 0 Å². The smallest absolute Gasteiger partial charge is 0.326 e. The van der Waals surface area contributed by atoms with Crippen LogP contribution in [0.3, 0.4) is 0 Å². The standard InChI is InChI=1S/C18H27NO3/c1-11(2)3-4-15(16(20)21)19-17(22)18-8-12-5-13(9-18)7-14(6-12)10-18/h3,12-15H,4-10H2,1-2H3,(H,19,22)(H,20,21)/t12?,13?,14?,15-,18?/m1/s1. The summed E-state index contributed by atoms with van der Waals surface area (Å²) in [5, 5.41) is 12.2. The molecule has 0 aromatic heterocycles. The van der Waals surface area contributed by atoms with E-state index in [-0.39, 0.29) is 11.3 Å². The lowest BCUT2D eigenvalue weighted by molar-refractivity contribution is -0.151. The van der Waals surface area contributed by atoms with Gasteiger partial charge < -0.3 is 10.4 Å². The van der Waals surface area contributed by atoms with Crippen LogP contribution in [-0.4, -0.2) is 23.0 Å².